The van der Waals surface area contributed by atoms with Crippen LogP contribution in [0.15, 0.2) is 24.3 Å². The fraction of sp³-hybridized carbons (Fsp3) is 0.647. The van der Waals surface area contributed by atoms with E-state index in [0.29, 0.717) is 19.2 Å². The summed E-state index contributed by atoms with van der Waals surface area (Å²) in [6.45, 7) is 5.71. The van der Waals surface area contributed by atoms with Crippen LogP contribution in [-0.4, -0.2) is 56.2 Å². The van der Waals surface area contributed by atoms with Gasteiger partial charge in [-0.2, -0.15) is 0 Å². The van der Waals surface area contributed by atoms with E-state index in [9.17, 15) is 0 Å². The molecule has 1 aliphatic heterocycles. The van der Waals surface area contributed by atoms with E-state index in [1.807, 2.05) is 19.1 Å². The summed E-state index contributed by atoms with van der Waals surface area (Å²) in [5.74, 6) is 0.930. The maximum atomic E-state index is 6.05. The first-order valence-corrected chi connectivity index (χ1v) is 7.99. The minimum absolute atomic E-state index is 0.286. The van der Waals surface area contributed by atoms with Gasteiger partial charge in [-0.25, -0.2) is 0 Å². The van der Waals surface area contributed by atoms with Gasteiger partial charge < -0.3 is 15.4 Å². The van der Waals surface area contributed by atoms with E-state index in [2.05, 4.69) is 36.0 Å². The Balaban J connectivity index is 2.03. The van der Waals surface area contributed by atoms with Gasteiger partial charge in [-0.05, 0) is 64.6 Å². The average Bonchev–Trinajstić information content (AvgIpc) is 2.50. The number of hydrogen-bond donors (Lipinski definition) is 1. The van der Waals surface area contributed by atoms with Gasteiger partial charge in [0.05, 0.1) is 6.61 Å². The van der Waals surface area contributed by atoms with E-state index >= 15 is 0 Å². The fourth-order valence-corrected chi connectivity index (χ4v) is 3.15. The van der Waals surface area contributed by atoms with Gasteiger partial charge in [-0.15, -0.1) is 0 Å². The maximum absolute atomic E-state index is 6.05. The molecule has 1 fully saturated rings. The molecule has 2 rings (SSSR count). The quantitative estimate of drug-likeness (QED) is 0.871. The van der Waals surface area contributed by atoms with Crippen molar-refractivity contribution in [3.05, 3.63) is 29.8 Å². The molecule has 2 N–H and O–H groups in total. The van der Waals surface area contributed by atoms with Gasteiger partial charge >= 0.3 is 0 Å². The third kappa shape index (κ3) is 4.19. The Labute approximate surface area is 128 Å². The Morgan fingerprint density at radius 1 is 1.29 bits per heavy atom. The molecular formula is C17H29N3O. The lowest BCUT2D eigenvalue weighted by Gasteiger charge is -2.39. The van der Waals surface area contributed by atoms with Crippen LogP contribution in [0.4, 0.5) is 0 Å². The Morgan fingerprint density at radius 3 is 2.43 bits per heavy atom. The summed E-state index contributed by atoms with van der Waals surface area (Å²) in [5, 5.41) is 0. The van der Waals surface area contributed by atoms with Crippen LogP contribution in [0.1, 0.15) is 31.4 Å². The second-order valence-electron chi connectivity index (χ2n) is 5.95. The molecule has 0 amide bonds. The van der Waals surface area contributed by atoms with Crippen molar-refractivity contribution in [3.8, 4) is 5.75 Å². The van der Waals surface area contributed by atoms with Crippen molar-refractivity contribution in [3.63, 3.8) is 0 Å². The number of nitrogens with zero attached hydrogens (tertiary/aromatic N) is 2. The van der Waals surface area contributed by atoms with Crippen LogP contribution in [0, 0.1) is 0 Å². The molecule has 1 unspecified atom stereocenters. The summed E-state index contributed by atoms with van der Waals surface area (Å²) < 4.78 is 5.51. The van der Waals surface area contributed by atoms with Gasteiger partial charge in [-0.3, -0.25) is 4.90 Å². The first-order valence-electron chi connectivity index (χ1n) is 7.99. The highest BCUT2D eigenvalue weighted by molar-refractivity contribution is 5.29. The molecular weight excluding hydrogens is 262 g/mol. The monoisotopic (exact) mass is 291 g/mol. The first-order chi connectivity index (χ1) is 10.2. The number of piperidine rings is 1. The van der Waals surface area contributed by atoms with E-state index in [1.54, 1.807) is 0 Å². The highest BCUT2D eigenvalue weighted by atomic mass is 16.5. The Morgan fingerprint density at radius 2 is 1.90 bits per heavy atom. The summed E-state index contributed by atoms with van der Waals surface area (Å²) in [4.78, 5) is 4.86. The highest BCUT2D eigenvalue weighted by Crippen LogP contribution is 2.26. The third-order valence-electron chi connectivity index (χ3n) is 4.55. The lowest BCUT2D eigenvalue weighted by molar-refractivity contribution is 0.109. The Bertz CT molecular complexity index is 413. The number of benzene rings is 1. The molecule has 4 nitrogen and oxygen atoms in total. The topological polar surface area (TPSA) is 41.7 Å². The number of rotatable bonds is 6. The van der Waals surface area contributed by atoms with E-state index in [4.69, 9.17) is 10.5 Å². The van der Waals surface area contributed by atoms with Crippen LogP contribution < -0.4 is 10.5 Å². The lowest BCUT2D eigenvalue weighted by Crippen LogP contribution is -2.45. The zero-order valence-corrected chi connectivity index (χ0v) is 13.6. The second kappa shape index (κ2) is 7.78. The molecule has 1 aromatic carbocycles. The molecule has 118 valence electrons. The minimum atomic E-state index is 0.286. The maximum Gasteiger partial charge on any atom is 0.119 e. The van der Waals surface area contributed by atoms with Crippen LogP contribution in [0.3, 0.4) is 0 Å². The van der Waals surface area contributed by atoms with Gasteiger partial charge in [0.25, 0.3) is 0 Å². The molecule has 0 aromatic heterocycles. The predicted molar refractivity (Wildman–Crippen MR) is 87.7 cm³/mol. The molecule has 0 saturated carbocycles. The van der Waals surface area contributed by atoms with Crippen molar-refractivity contribution in [2.45, 2.75) is 31.8 Å². The number of nitrogens with two attached hydrogens (primary N) is 1. The number of likely N-dealkylation sites (N-methyl/N-ethyl adjacent to an activating group) is 1. The van der Waals surface area contributed by atoms with Gasteiger partial charge in [0.15, 0.2) is 0 Å². The van der Waals surface area contributed by atoms with Crippen molar-refractivity contribution < 1.29 is 4.74 Å². The number of ether oxygens (including phenoxy) is 1. The molecule has 1 saturated heterocycles. The molecule has 1 aliphatic rings. The van der Waals surface area contributed by atoms with Crippen molar-refractivity contribution in [1.29, 1.82) is 0 Å². The summed E-state index contributed by atoms with van der Waals surface area (Å²) in [6.07, 6.45) is 2.45. The second-order valence-corrected chi connectivity index (χ2v) is 5.95. The Kier molecular flexibility index (Phi) is 6.03. The van der Waals surface area contributed by atoms with Gasteiger partial charge in [-0.1, -0.05) is 12.1 Å². The van der Waals surface area contributed by atoms with Crippen molar-refractivity contribution >= 4 is 0 Å². The molecule has 21 heavy (non-hydrogen) atoms. The largest absolute Gasteiger partial charge is 0.494 e. The molecule has 0 spiro atoms. The average molecular weight is 291 g/mol. The van der Waals surface area contributed by atoms with E-state index in [1.165, 1.54) is 31.5 Å². The van der Waals surface area contributed by atoms with Crippen molar-refractivity contribution in [1.82, 2.24) is 9.80 Å². The van der Waals surface area contributed by atoms with Gasteiger partial charge in [0.1, 0.15) is 5.75 Å². The van der Waals surface area contributed by atoms with Gasteiger partial charge in [0, 0.05) is 18.6 Å². The van der Waals surface area contributed by atoms with Gasteiger partial charge in [0.2, 0.25) is 0 Å². The smallest absolute Gasteiger partial charge is 0.119 e. The van der Waals surface area contributed by atoms with Crippen LogP contribution in [0.2, 0.25) is 0 Å². The standard InChI is InChI=1S/C17H29N3O/c1-4-21-16-7-5-14(6-8-16)17(13-18)20(3)15-9-11-19(2)12-10-15/h5-8,15,17H,4,9-13,18H2,1-3H3. The molecule has 0 radical (unpaired) electrons. The molecule has 0 bridgehead atoms. The van der Waals surface area contributed by atoms with Crippen LogP contribution in [-0.2, 0) is 0 Å². The molecule has 1 heterocycles. The van der Waals surface area contributed by atoms with Crippen LogP contribution >= 0.6 is 0 Å². The molecule has 4 heteroatoms. The lowest BCUT2D eigenvalue weighted by atomic mass is 9.98. The summed E-state index contributed by atoms with van der Waals surface area (Å²) in [5.41, 5.74) is 7.33. The van der Waals surface area contributed by atoms with E-state index < -0.39 is 0 Å². The first kappa shape index (κ1) is 16.3. The van der Waals surface area contributed by atoms with E-state index in [0.717, 1.165) is 5.75 Å². The van der Waals surface area contributed by atoms with Crippen molar-refractivity contribution in [2.75, 3.05) is 40.3 Å². The van der Waals surface area contributed by atoms with Crippen LogP contribution in [0.25, 0.3) is 0 Å². The summed E-state index contributed by atoms with van der Waals surface area (Å²) >= 11 is 0. The summed E-state index contributed by atoms with van der Waals surface area (Å²) in [6, 6.07) is 9.30. The van der Waals surface area contributed by atoms with Crippen LogP contribution in [0.5, 0.6) is 5.75 Å². The normalized spacial score (nSPS) is 18.9. The predicted octanol–water partition coefficient (Wildman–Crippen LogP) is 2.11. The van der Waals surface area contributed by atoms with Crippen molar-refractivity contribution in [2.24, 2.45) is 5.73 Å². The highest BCUT2D eigenvalue weighted by Gasteiger charge is 2.26. The SMILES string of the molecule is CCOc1ccc(C(CN)N(C)C2CCN(C)CC2)cc1. The fourth-order valence-electron chi connectivity index (χ4n) is 3.15. The zero-order chi connectivity index (χ0) is 15.2. The minimum Gasteiger partial charge on any atom is -0.494 e. The third-order valence-corrected chi connectivity index (χ3v) is 4.55. The number of likely N-dealkylation sites (tertiary alicyclic amines) is 1. The van der Waals surface area contributed by atoms with E-state index in [-0.39, 0.29) is 6.04 Å². The number of hydrogen-bond acceptors (Lipinski definition) is 4. The summed E-state index contributed by atoms with van der Waals surface area (Å²) in [7, 11) is 4.41. The Hall–Kier alpha value is -1.10. The molecule has 1 atom stereocenters. The zero-order valence-electron chi connectivity index (χ0n) is 13.6. The molecule has 1 aromatic rings. The molecule has 0 aliphatic carbocycles.